The minimum atomic E-state index is 0.102. The number of ether oxygens (including phenoxy) is 1. The third-order valence-corrected chi connectivity index (χ3v) is 6.25. The van der Waals surface area contributed by atoms with Gasteiger partial charge in [-0.15, -0.1) is 0 Å². The van der Waals surface area contributed by atoms with Gasteiger partial charge in [-0.2, -0.15) is 5.26 Å². The van der Waals surface area contributed by atoms with E-state index < -0.39 is 0 Å². The fourth-order valence-electron chi connectivity index (χ4n) is 5.00. The molecule has 0 bridgehead atoms. The predicted molar refractivity (Wildman–Crippen MR) is 137 cm³/mol. The van der Waals surface area contributed by atoms with E-state index in [9.17, 15) is 5.26 Å². The number of piperidine rings is 1. The number of hydrogen-bond donors (Lipinski definition) is 1. The van der Waals surface area contributed by atoms with E-state index in [-0.39, 0.29) is 11.1 Å². The largest absolute Gasteiger partial charge is 0.454 e. The van der Waals surface area contributed by atoms with Crippen LogP contribution in [0.5, 0.6) is 11.5 Å². The molecule has 1 saturated heterocycles. The molecule has 0 radical (unpaired) electrons. The SMILES string of the molecule is CC1(C)CC(C=Cc2ccc(Oc3cccc(-c4ccncn4)c3C#N)c(Cl)c2)CC(C)(C)N1. The van der Waals surface area contributed by atoms with Gasteiger partial charge in [0.1, 0.15) is 29.5 Å². The van der Waals surface area contributed by atoms with Gasteiger partial charge in [0.25, 0.3) is 0 Å². The molecule has 4 rings (SSSR count). The Morgan fingerprint density at radius 2 is 1.85 bits per heavy atom. The number of nitrogens with one attached hydrogen (secondary N) is 1. The normalized spacial score (nSPS) is 17.4. The van der Waals surface area contributed by atoms with Crippen LogP contribution in [0.2, 0.25) is 5.02 Å². The minimum Gasteiger partial charge on any atom is -0.454 e. The topological polar surface area (TPSA) is 70.8 Å². The van der Waals surface area contributed by atoms with Crippen molar-refractivity contribution in [3.8, 4) is 28.8 Å². The number of halogens is 1. The number of aromatic nitrogens is 2. The molecule has 0 unspecified atom stereocenters. The lowest BCUT2D eigenvalue weighted by molar-refractivity contribution is 0.150. The maximum absolute atomic E-state index is 9.80. The summed E-state index contributed by atoms with van der Waals surface area (Å²) in [5.41, 5.74) is 2.97. The summed E-state index contributed by atoms with van der Waals surface area (Å²) in [4.78, 5) is 8.20. The monoisotopic (exact) mass is 472 g/mol. The summed E-state index contributed by atoms with van der Waals surface area (Å²) >= 11 is 6.57. The van der Waals surface area contributed by atoms with E-state index >= 15 is 0 Å². The minimum absolute atomic E-state index is 0.102. The molecule has 0 amide bonds. The Kier molecular flexibility index (Phi) is 6.74. The van der Waals surface area contributed by atoms with E-state index in [1.165, 1.54) is 6.33 Å². The molecule has 6 heteroatoms. The number of hydrogen-bond acceptors (Lipinski definition) is 5. The van der Waals surface area contributed by atoms with Crippen molar-refractivity contribution in [2.75, 3.05) is 0 Å². The quantitative estimate of drug-likeness (QED) is 0.431. The van der Waals surface area contributed by atoms with Crippen LogP contribution in [0.15, 0.2) is 61.1 Å². The lowest BCUT2D eigenvalue weighted by Crippen LogP contribution is -2.57. The molecule has 1 aromatic heterocycles. The van der Waals surface area contributed by atoms with E-state index in [4.69, 9.17) is 16.3 Å². The van der Waals surface area contributed by atoms with Gasteiger partial charge in [-0.3, -0.25) is 0 Å². The van der Waals surface area contributed by atoms with Gasteiger partial charge in [0.05, 0.1) is 10.7 Å². The third kappa shape index (κ3) is 5.64. The van der Waals surface area contributed by atoms with Crippen molar-refractivity contribution in [2.45, 2.75) is 51.6 Å². The summed E-state index contributed by atoms with van der Waals surface area (Å²) in [6.07, 6.45) is 9.69. The molecule has 2 heterocycles. The molecule has 0 atom stereocenters. The first-order valence-electron chi connectivity index (χ1n) is 11.4. The average Bonchev–Trinajstić information content (AvgIpc) is 2.77. The van der Waals surface area contributed by atoms with Crippen LogP contribution in [0, 0.1) is 17.2 Å². The van der Waals surface area contributed by atoms with Crippen LogP contribution in [-0.2, 0) is 0 Å². The van der Waals surface area contributed by atoms with Crippen LogP contribution in [0.1, 0.15) is 51.7 Å². The molecule has 0 spiro atoms. The summed E-state index contributed by atoms with van der Waals surface area (Å²) in [5, 5.41) is 14.0. The fourth-order valence-corrected chi connectivity index (χ4v) is 5.23. The van der Waals surface area contributed by atoms with Gasteiger partial charge in [0.2, 0.25) is 0 Å². The summed E-state index contributed by atoms with van der Waals surface area (Å²) in [6, 6.07) is 15.2. The second-order valence-electron chi connectivity index (χ2n) is 10.1. The predicted octanol–water partition coefficient (Wildman–Crippen LogP) is 7.03. The first-order chi connectivity index (χ1) is 16.2. The standard InChI is InChI=1S/C28H29ClN4O/c1-27(2)15-20(16-28(3,4)33-27)9-8-19-10-11-26(23(29)14-19)34-25-7-5-6-21(22(25)17-30)24-12-13-31-18-32-24/h5-14,18,20,33H,15-16H2,1-4H3. The molecular weight excluding hydrogens is 444 g/mol. The van der Waals surface area contributed by atoms with E-state index in [0.717, 1.165) is 18.4 Å². The van der Waals surface area contributed by atoms with Gasteiger partial charge in [-0.25, -0.2) is 9.97 Å². The Labute approximate surface area is 206 Å². The van der Waals surface area contributed by atoms with Crippen molar-refractivity contribution < 1.29 is 4.74 Å². The molecule has 3 aromatic rings. The average molecular weight is 473 g/mol. The van der Waals surface area contributed by atoms with Crippen LogP contribution >= 0.6 is 11.6 Å². The van der Waals surface area contributed by atoms with Crippen molar-refractivity contribution in [2.24, 2.45) is 5.92 Å². The number of rotatable bonds is 5. The van der Waals surface area contributed by atoms with E-state index in [0.29, 0.717) is 39.3 Å². The molecule has 0 aliphatic carbocycles. The summed E-state index contributed by atoms with van der Waals surface area (Å²) in [7, 11) is 0. The third-order valence-electron chi connectivity index (χ3n) is 5.95. The van der Waals surface area contributed by atoms with E-state index in [1.807, 2.05) is 30.3 Å². The smallest absolute Gasteiger partial charge is 0.146 e. The molecule has 1 aliphatic rings. The Balaban J connectivity index is 1.54. The zero-order valence-electron chi connectivity index (χ0n) is 20.0. The van der Waals surface area contributed by atoms with E-state index in [2.05, 4.69) is 61.2 Å². The van der Waals surface area contributed by atoms with Crippen molar-refractivity contribution in [3.05, 3.63) is 77.2 Å². The highest BCUT2D eigenvalue weighted by molar-refractivity contribution is 6.32. The second-order valence-corrected chi connectivity index (χ2v) is 10.5. The van der Waals surface area contributed by atoms with Gasteiger partial charge in [-0.05, 0) is 76.3 Å². The highest BCUT2D eigenvalue weighted by Crippen LogP contribution is 2.37. The first kappa shape index (κ1) is 23.9. The van der Waals surface area contributed by atoms with Gasteiger partial charge in [-0.1, -0.05) is 42.0 Å². The van der Waals surface area contributed by atoms with Gasteiger partial charge in [0.15, 0.2) is 0 Å². The van der Waals surface area contributed by atoms with Crippen molar-refractivity contribution in [1.29, 1.82) is 5.26 Å². The van der Waals surface area contributed by atoms with Crippen LogP contribution in [0.3, 0.4) is 0 Å². The molecule has 174 valence electrons. The highest BCUT2D eigenvalue weighted by Gasteiger charge is 2.36. The molecule has 1 aliphatic heterocycles. The molecule has 1 fully saturated rings. The Morgan fingerprint density at radius 3 is 2.50 bits per heavy atom. The zero-order valence-corrected chi connectivity index (χ0v) is 20.7. The molecule has 2 aromatic carbocycles. The summed E-state index contributed by atoms with van der Waals surface area (Å²) in [6.45, 7) is 9.03. The van der Waals surface area contributed by atoms with Gasteiger partial charge < -0.3 is 10.1 Å². The van der Waals surface area contributed by atoms with Crippen molar-refractivity contribution in [3.63, 3.8) is 0 Å². The Hall–Kier alpha value is -3.20. The van der Waals surface area contributed by atoms with Crippen LogP contribution in [-0.4, -0.2) is 21.0 Å². The van der Waals surface area contributed by atoms with Crippen molar-refractivity contribution >= 4 is 17.7 Å². The fraction of sp³-hybridized carbons (Fsp3) is 0.321. The summed E-state index contributed by atoms with van der Waals surface area (Å²) in [5.74, 6) is 1.42. The number of nitriles is 1. The summed E-state index contributed by atoms with van der Waals surface area (Å²) < 4.78 is 6.07. The Bertz CT molecular complexity index is 1230. The number of allylic oxidation sites excluding steroid dienone is 1. The maximum atomic E-state index is 9.80. The molecule has 34 heavy (non-hydrogen) atoms. The van der Waals surface area contributed by atoms with E-state index in [1.54, 1.807) is 18.3 Å². The Morgan fingerprint density at radius 1 is 1.09 bits per heavy atom. The second kappa shape index (κ2) is 9.58. The molecule has 5 nitrogen and oxygen atoms in total. The molecule has 1 N–H and O–H groups in total. The highest BCUT2D eigenvalue weighted by atomic mass is 35.5. The van der Waals surface area contributed by atoms with Crippen LogP contribution in [0.4, 0.5) is 0 Å². The maximum Gasteiger partial charge on any atom is 0.146 e. The zero-order chi connectivity index (χ0) is 24.3. The van der Waals surface area contributed by atoms with Crippen LogP contribution in [0.25, 0.3) is 17.3 Å². The van der Waals surface area contributed by atoms with Gasteiger partial charge in [0, 0.05) is 22.8 Å². The van der Waals surface area contributed by atoms with Crippen LogP contribution < -0.4 is 10.1 Å². The first-order valence-corrected chi connectivity index (χ1v) is 11.8. The number of nitrogens with zero attached hydrogens (tertiary/aromatic N) is 3. The molecule has 0 saturated carbocycles. The lowest BCUT2D eigenvalue weighted by atomic mass is 9.76. The van der Waals surface area contributed by atoms with Gasteiger partial charge >= 0.3 is 0 Å². The van der Waals surface area contributed by atoms with Crippen molar-refractivity contribution in [1.82, 2.24) is 15.3 Å². The lowest BCUT2D eigenvalue weighted by Gasteiger charge is -2.45. The molecular formula is C28H29ClN4O. The number of benzene rings is 2.